The smallest absolute Gasteiger partial charge is 0.247 e. The molecule has 0 spiro atoms. The van der Waals surface area contributed by atoms with Crippen molar-refractivity contribution >= 4 is 5.91 Å². The SMILES string of the molecule is Cc1cc(C)n(C(C)C(=O)N2CCc3nnc(Cc4ccccc4)n3CC2)n1. The molecule has 0 fully saturated rings. The minimum Gasteiger partial charge on any atom is -0.339 e. The van der Waals surface area contributed by atoms with Crippen molar-refractivity contribution in [3.8, 4) is 0 Å². The third-order valence-electron chi connectivity index (χ3n) is 5.39. The summed E-state index contributed by atoms with van der Waals surface area (Å²) in [6.07, 6.45) is 1.47. The molecule has 1 aromatic carbocycles. The molecule has 7 nitrogen and oxygen atoms in total. The number of aromatic nitrogens is 5. The molecule has 0 aliphatic carbocycles. The molecular weight excluding hydrogens is 352 g/mol. The molecule has 2 aromatic heterocycles. The zero-order valence-electron chi connectivity index (χ0n) is 16.7. The number of carbonyl (C=O) groups excluding carboxylic acids is 1. The van der Waals surface area contributed by atoms with Crippen LogP contribution in [0.25, 0.3) is 0 Å². The third kappa shape index (κ3) is 3.56. The zero-order valence-corrected chi connectivity index (χ0v) is 16.7. The number of aryl methyl sites for hydroxylation is 2. The Balaban J connectivity index is 1.47. The Morgan fingerprint density at radius 2 is 1.89 bits per heavy atom. The lowest BCUT2D eigenvalue weighted by atomic mass is 10.1. The molecule has 0 saturated carbocycles. The van der Waals surface area contributed by atoms with Gasteiger partial charge in [0.1, 0.15) is 17.7 Å². The van der Waals surface area contributed by atoms with Gasteiger partial charge in [0.05, 0.1) is 5.69 Å². The summed E-state index contributed by atoms with van der Waals surface area (Å²) in [4.78, 5) is 15.0. The van der Waals surface area contributed by atoms with Crippen LogP contribution in [0.15, 0.2) is 36.4 Å². The van der Waals surface area contributed by atoms with Crippen LogP contribution in [-0.2, 0) is 24.2 Å². The molecule has 1 aliphatic rings. The van der Waals surface area contributed by atoms with Crippen molar-refractivity contribution in [1.82, 2.24) is 29.4 Å². The molecular formula is C21H26N6O. The van der Waals surface area contributed by atoms with E-state index >= 15 is 0 Å². The first-order valence-electron chi connectivity index (χ1n) is 9.79. The van der Waals surface area contributed by atoms with Gasteiger partial charge in [0.15, 0.2) is 0 Å². The van der Waals surface area contributed by atoms with E-state index in [1.807, 2.05) is 54.6 Å². The lowest BCUT2D eigenvalue weighted by Crippen LogP contribution is -2.38. The average molecular weight is 378 g/mol. The lowest BCUT2D eigenvalue weighted by Gasteiger charge is -2.24. The molecule has 7 heteroatoms. The van der Waals surface area contributed by atoms with E-state index in [4.69, 9.17) is 0 Å². The summed E-state index contributed by atoms with van der Waals surface area (Å²) >= 11 is 0. The first-order valence-corrected chi connectivity index (χ1v) is 9.79. The normalized spacial score (nSPS) is 15.2. The Kier molecular flexibility index (Phi) is 4.98. The van der Waals surface area contributed by atoms with E-state index in [0.717, 1.165) is 42.4 Å². The number of carbonyl (C=O) groups is 1. The Labute approximate surface area is 165 Å². The molecule has 1 aliphatic heterocycles. The highest BCUT2D eigenvalue weighted by Crippen LogP contribution is 2.17. The molecule has 3 heterocycles. The van der Waals surface area contributed by atoms with Gasteiger partial charge in [-0.1, -0.05) is 30.3 Å². The minimum atomic E-state index is -0.305. The standard InChI is InChI=1S/C21H26N6O/c1-15-13-16(2)27(24-15)17(3)21(28)25-10-9-19-22-23-20(26(19)12-11-25)14-18-7-5-4-6-8-18/h4-8,13,17H,9-12,14H2,1-3H3. The van der Waals surface area contributed by atoms with Crippen LogP contribution in [0.3, 0.4) is 0 Å². The Hall–Kier alpha value is -2.96. The van der Waals surface area contributed by atoms with E-state index in [2.05, 4.69) is 32.0 Å². The second kappa shape index (κ2) is 7.58. The number of rotatable bonds is 4. The Morgan fingerprint density at radius 1 is 1.11 bits per heavy atom. The van der Waals surface area contributed by atoms with Crippen LogP contribution >= 0.6 is 0 Å². The number of hydrogen-bond acceptors (Lipinski definition) is 4. The van der Waals surface area contributed by atoms with Crippen LogP contribution in [0.5, 0.6) is 0 Å². The first kappa shape index (κ1) is 18.4. The molecule has 1 amide bonds. The molecule has 0 bridgehead atoms. The molecule has 0 radical (unpaired) electrons. The second-order valence-electron chi connectivity index (χ2n) is 7.47. The Bertz CT molecular complexity index is 974. The average Bonchev–Trinajstić information content (AvgIpc) is 3.15. The minimum absolute atomic E-state index is 0.106. The van der Waals surface area contributed by atoms with Gasteiger partial charge in [0.25, 0.3) is 0 Å². The lowest BCUT2D eigenvalue weighted by molar-refractivity contribution is -0.134. The van der Waals surface area contributed by atoms with Gasteiger partial charge in [-0.3, -0.25) is 9.48 Å². The van der Waals surface area contributed by atoms with Gasteiger partial charge in [0, 0.05) is 38.2 Å². The van der Waals surface area contributed by atoms with Crippen LogP contribution in [0.4, 0.5) is 0 Å². The van der Waals surface area contributed by atoms with Gasteiger partial charge in [-0.25, -0.2) is 0 Å². The van der Waals surface area contributed by atoms with E-state index in [0.29, 0.717) is 13.1 Å². The molecule has 28 heavy (non-hydrogen) atoms. The predicted molar refractivity (Wildman–Crippen MR) is 106 cm³/mol. The predicted octanol–water partition coefficient (Wildman–Crippen LogP) is 2.33. The molecule has 0 saturated heterocycles. The molecule has 1 unspecified atom stereocenters. The highest BCUT2D eigenvalue weighted by Gasteiger charge is 2.27. The summed E-state index contributed by atoms with van der Waals surface area (Å²) in [5.74, 6) is 2.02. The van der Waals surface area contributed by atoms with Crippen molar-refractivity contribution in [1.29, 1.82) is 0 Å². The van der Waals surface area contributed by atoms with Gasteiger partial charge < -0.3 is 9.47 Å². The molecule has 146 valence electrons. The van der Waals surface area contributed by atoms with Crippen molar-refractivity contribution in [3.63, 3.8) is 0 Å². The van der Waals surface area contributed by atoms with E-state index in [1.54, 1.807) is 0 Å². The number of amides is 1. The fourth-order valence-corrected chi connectivity index (χ4v) is 3.92. The summed E-state index contributed by atoms with van der Waals surface area (Å²) in [7, 11) is 0. The van der Waals surface area contributed by atoms with Crippen LogP contribution in [0, 0.1) is 13.8 Å². The van der Waals surface area contributed by atoms with Crippen molar-refractivity contribution in [2.75, 3.05) is 13.1 Å². The van der Waals surface area contributed by atoms with Gasteiger partial charge in [-0.2, -0.15) is 5.10 Å². The van der Waals surface area contributed by atoms with Crippen LogP contribution < -0.4 is 0 Å². The largest absolute Gasteiger partial charge is 0.339 e. The summed E-state index contributed by atoms with van der Waals surface area (Å²) < 4.78 is 4.00. The first-order chi connectivity index (χ1) is 13.5. The maximum absolute atomic E-state index is 13.1. The highest BCUT2D eigenvalue weighted by atomic mass is 16.2. The zero-order chi connectivity index (χ0) is 19.7. The number of fused-ring (bicyclic) bond motifs is 1. The second-order valence-corrected chi connectivity index (χ2v) is 7.47. The van der Waals surface area contributed by atoms with Crippen molar-refractivity contribution in [2.24, 2.45) is 0 Å². The van der Waals surface area contributed by atoms with E-state index < -0.39 is 0 Å². The van der Waals surface area contributed by atoms with Crippen molar-refractivity contribution in [3.05, 3.63) is 65.0 Å². The van der Waals surface area contributed by atoms with E-state index in [1.165, 1.54) is 5.56 Å². The molecule has 3 aromatic rings. The van der Waals surface area contributed by atoms with Gasteiger partial charge >= 0.3 is 0 Å². The van der Waals surface area contributed by atoms with Crippen LogP contribution in [0.2, 0.25) is 0 Å². The van der Waals surface area contributed by atoms with Crippen LogP contribution in [-0.4, -0.2) is 48.4 Å². The number of nitrogens with zero attached hydrogens (tertiary/aromatic N) is 6. The summed E-state index contributed by atoms with van der Waals surface area (Å²) in [5.41, 5.74) is 3.16. The van der Waals surface area contributed by atoms with E-state index in [-0.39, 0.29) is 11.9 Å². The maximum Gasteiger partial charge on any atom is 0.247 e. The van der Waals surface area contributed by atoms with Crippen LogP contribution in [0.1, 0.15) is 41.6 Å². The Morgan fingerprint density at radius 3 is 2.61 bits per heavy atom. The molecule has 1 atom stereocenters. The third-order valence-corrected chi connectivity index (χ3v) is 5.39. The van der Waals surface area contributed by atoms with Crippen molar-refractivity contribution < 1.29 is 4.79 Å². The van der Waals surface area contributed by atoms with Gasteiger partial charge in [-0.15, -0.1) is 10.2 Å². The number of benzene rings is 1. The number of hydrogen-bond donors (Lipinski definition) is 0. The molecule has 0 N–H and O–H groups in total. The van der Waals surface area contributed by atoms with Gasteiger partial charge in [-0.05, 0) is 32.4 Å². The quantitative estimate of drug-likeness (QED) is 0.699. The summed E-state index contributed by atoms with van der Waals surface area (Å²) in [6.45, 7) is 7.91. The monoisotopic (exact) mass is 378 g/mol. The summed E-state index contributed by atoms with van der Waals surface area (Å²) in [6, 6.07) is 12.0. The van der Waals surface area contributed by atoms with Crippen molar-refractivity contribution in [2.45, 2.75) is 46.2 Å². The molecule has 4 rings (SSSR count). The van der Waals surface area contributed by atoms with E-state index in [9.17, 15) is 4.79 Å². The van der Waals surface area contributed by atoms with Gasteiger partial charge in [0.2, 0.25) is 5.91 Å². The summed E-state index contributed by atoms with van der Waals surface area (Å²) in [5, 5.41) is 13.3. The fourth-order valence-electron chi connectivity index (χ4n) is 3.92. The highest BCUT2D eigenvalue weighted by molar-refractivity contribution is 5.80. The fraction of sp³-hybridized carbons (Fsp3) is 0.429. The topological polar surface area (TPSA) is 68.8 Å². The maximum atomic E-state index is 13.1.